The first-order chi connectivity index (χ1) is 8.65. The Balaban J connectivity index is 2.53. The quantitative estimate of drug-likeness (QED) is 0.421. The fraction of sp³-hybridized carbons (Fsp3) is 0.267. The van der Waals surface area contributed by atoms with Crippen molar-refractivity contribution in [3.63, 3.8) is 0 Å². The number of hydrogen-bond donors (Lipinski definition) is 0. The van der Waals surface area contributed by atoms with Gasteiger partial charge in [0.2, 0.25) is 0 Å². The molecule has 0 N–H and O–H groups in total. The molecule has 0 radical (unpaired) electrons. The average Bonchev–Trinajstić information content (AvgIpc) is 2.42. The maximum atomic E-state index is 10.9. The van der Waals surface area contributed by atoms with Crippen molar-refractivity contribution < 1.29 is 14.3 Å². The Morgan fingerprint density at radius 2 is 2.00 bits per heavy atom. The Kier molecular flexibility index (Phi) is 5.88. The SMILES string of the molecule is C=CC(=O)OCc1cccc(COC(C)C=C)c1. The first kappa shape index (κ1) is 14.2. The summed E-state index contributed by atoms with van der Waals surface area (Å²) >= 11 is 0. The molecule has 1 aromatic carbocycles. The number of carbonyl (C=O) groups is 1. The minimum absolute atomic E-state index is 0.0206. The zero-order chi connectivity index (χ0) is 13.4. The maximum absolute atomic E-state index is 10.9. The van der Waals surface area contributed by atoms with Gasteiger partial charge in [0.05, 0.1) is 12.7 Å². The van der Waals surface area contributed by atoms with Gasteiger partial charge in [0, 0.05) is 6.08 Å². The number of ether oxygens (including phenoxy) is 2. The van der Waals surface area contributed by atoms with Crippen molar-refractivity contribution in [1.29, 1.82) is 0 Å². The third-order valence-electron chi connectivity index (χ3n) is 2.38. The van der Waals surface area contributed by atoms with Crippen LogP contribution in [0.15, 0.2) is 49.6 Å². The lowest BCUT2D eigenvalue weighted by Crippen LogP contribution is -2.04. The first-order valence-electron chi connectivity index (χ1n) is 5.77. The number of rotatable bonds is 7. The fourth-order valence-corrected chi connectivity index (χ4v) is 1.32. The minimum Gasteiger partial charge on any atom is -0.458 e. The monoisotopic (exact) mass is 246 g/mol. The van der Waals surface area contributed by atoms with Crippen molar-refractivity contribution in [2.75, 3.05) is 0 Å². The third kappa shape index (κ3) is 4.97. The Hall–Kier alpha value is -1.87. The van der Waals surface area contributed by atoms with Crippen molar-refractivity contribution in [1.82, 2.24) is 0 Å². The molecule has 1 rings (SSSR count). The van der Waals surface area contributed by atoms with Crippen LogP contribution in [0.2, 0.25) is 0 Å². The number of hydrogen-bond acceptors (Lipinski definition) is 3. The van der Waals surface area contributed by atoms with E-state index in [9.17, 15) is 4.79 Å². The molecule has 96 valence electrons. The minimum atomic E-state index is -0.420. The number of benzene rings is 1. The highest BCUT2D eigenvalue weighted by molar-refractivity contribution is 5.81. The number of esters is 1. The summed E-state index contributed by atoms with van der Waals surface area (Å²) in [5, 5.41) is 0. The summed E-state index contributed by atoms with van der Waals surface area (Å²) in [5.41, 5.74) is 1.97. The second kappa shape index (κ2) is 7.45. The van der Waals surface area contributed by atoms with E-state index in [1.807, 2.05) is 31.2 Å². The summed E-state index contributed by atoms with van der Waals surface area (Å²) in [7, 11) is 0. The van der Waals surface area contributed by atoms with E-state index in [-0.39, 0.29) is 12.7 Å². The molecule has 0 heterocycles. The largest absolute Gasteiger partial charge is 0.458 e. The van der Waals surface area contributed by atoms with Gasteiger partial charge in [-0.2, -0.15) is 0 Å². The summed E-state index contributed by atoms with van der Waals surface area (Å²) < 4.78 is 10.5. The standard InChI is InChI=1S/C15H18O3/c1-4-12(3)17-10-13-7-6-8-14(9-13)11-18-15(16)5-2/h4-9,12H,1-2,10-11H2,3H3. The Morgan fingerprint density at radius 1 is 1.33 bits per heavy atom. The van der Waals surface area contributed by atoms with Crippen LogP contribution in [0, 0.1) is 0 Å². The lowest BCUT2D eigenvalue weighted by Gasteiger charge is -2.09. The fourth-order valence-electron chi connectivity index (χ4n) is 1.32. The number of carbonyl (C=O) groups excluding carboxylic acids is 1. The molecular weight excluding hydrogens is 228 g/mol. The van der Waals surface area contributed by atoms with Gasteiger partial charge in [0.1, 0.15) is 6.61 Å². The zero-order valence-electron chi connectivity index (χ0n) is 10.6. The van der Waals surface area contributed by atoms with Gasteiger partial charge >= 0.3 is 5.97 Å². The smallest absolute Gasteiger partial charge is 0.330 e. The molecule has 1 atom stereocenters. The van der Waals surface area contributed by atoms with Crippen molar-refractivity contribution in [2.45, 2.75) is 26.2 Å². The predicted octanol–water partition coefficient (Wildman–Crippen LogP) is 3.01. The highest BCUT2D eigenvalue weighted by atomic mass is 16.5. The van der Waals surface area contributed by atoms with Gasteiger partial charge in [-0.15, -0.1) is 6.58 Å². The summed E-state index contributed by atoms with van der Waals surface area (Å²) in [6, 6.07) is 7.73. The van der Waals surface area contributed by atoms with Crippen LogP contribution in [-0.2, 0) is 27.5 Å². The molecule has 3 heteroatoms. The van der Waals surface area contributed by atoms with Gasteiger partial charge in [-0.05, 0) is 18.1 Å². The average molecular weight is 246 g/mol. The Morgan fingerprint density at radius 3 is 2.61 bits per heavy atom. The zero-order valence-corrected chi connectivity index (χ0v) is 10.6. The molecule has 0 fully saturated rings. The highest BCUT2D eigenvalue weighted by Crippen LogP contribution is 2.09. The maximum Gasteiger partial charge on any atom is 0.330 e. The van der Waals surface area contributed by atoms with Crippen LogP contribution in [0.1, 0.15) is 18.1 Å². The second-order valence-corrected chi connectivity index (χ2v) is 3.88. The molecule has 0 amide bonds. The van der Waals surface area contributed by atoms with Gasteiger partial charge in [-0.1, -0.05) is 36.9 Å². The van der Waals surface area contributed by atoms with E-state index < -0.39 is 5.97 Å². The van der Waals surface area contributed by atoms with Crippen molar-refractivity contribution >= 4 is 5.97 Å². The van der Waals surface area contributed by atoms with Crippen LogP contribution in [-0.4, -0.2) is 12.1 Å². The molecule has 0 saturated heterocycles. The van der Waals surface area contributed by atoms with Crippen LogP contribution in [0.4, 0.5) is 0 Å². The summed E-state index contributed by atoms with van der Waals surface area (Å²) in [5.74, 6) is -0.420. The van der Waals surface area contributed by atoms with Crippen molar-refractivity contribution in [3.05, 3.63) is 60.7 Å². The first-order valence-corrected chi connectivity index (χ1v) is 5.77. The van der Waals surface area contributed by atoms with E-state index in [4.69, 9.17) is 9.47 Å². The van der Waals surface area contributed by atoms with Crippen molar-refractivity contribution in [3.8, 4) is 0 Å². The van der Waals surface area contributed by atoms with Gasteiger partial charge in [-0.3, -0.25) is 0 Å². The van der Waals surface area contributed by atoms with Crippen LogP contribution >= 0.6 is 0 Å². The van der Waals surface area contributed by atoms with E-state index in [2.05, 4.69) is 13.2 Å². The van der Waals surface area contributed by atoms with Crippen LogP contribution < -0.4 is 0 Å². The Labute approximate surface area is 108 Å². The molecule has 0 aliphatic heterocycles. The summed E-state index contributed by atoms with van der Waals surface area (Å²) in [4.78, 5) is 10.9. The van der Waals surface area contributed by atoms with Crippen LogP contribution in [0.3, 0.4) is 0 Å². The second-order valence-electron chi connectivity index (χ2n) is 3.88. The van der Waals surface area contributed by atoms with Crippen LogP contribution in [0.25, 0.3) is 0 Å². The molecular formula is C15H18O3. The molecule has 0 bridgehead atoms. The van der Waals surface area contributed by atoms with Gasteiger partial charge in [0.15, 0.2) is 0 Å². The topological polar surface area (TPSA) is 35.5 Å². The molecule has 0 aliphatic carbocycles. The normalized spacial score (nSPS) is 11.6. The van der Waals surface area contributed by atoms with Gasteiger partial charge in [0.25, 0.3) is 0 Å². The summed E-state index contributed by atoms with van der Waals surface area (Å²) in [6.45, 7) is 9.69. The molecule has 18 heavy (non-hydrogen) atoms. The highest BCUT2D eigenvalue weighted by Gasteiger charge is 2.01. The Bertz CT molecular complexity index is 424. The molecule has 0 saturated carbocycles. The predicted molar refractivity (Wildman–Crippen MR) is 70.9 cm³/mol. The van der Waals surface area contributed by atoms with E-state index in [0.717, 1.165) is 17.2 Å². The molecule has 0 aliphatic rings. The molecule has 0 aromatic heterocycles. The third-order valence-corrected chi connectivity index (χ3v) is 2.38. The lowest BCUT2D eigenvalue weighted by atomic mass is 10.1. The van der Waals surface area contributed by atoms with Gasteiger partial charge in [-0.25, -0.2) is 4.79 Å². The lowest BCUT2D eigenvalue weighted by molar-refractivity contribution is -0.138. The molecule has 1 unspecified atom stereocenters. The van der Waals surface area contributed by atoms with E-state index in [0.29, 0.717) is 6.61 Å². The molecule has 0 spiro atoms. The van der Waals surface area contributed by atoms with E-state index in [1.54, 1.807) is 6.08 Å². The van der Waals surface area contributed by atoms with Crippen LogP contribution in [0.5, 0.6) is 0 Å². The van der Waals surface area contributed by atoms with E-state index >= 15 is 0 Å². The van der Waals surface area contributed by atoms with E-state index in [1.165, 1.54) is 0 Å². The molecule has 1 aromatic rings. The van der Waals surface area contributed by atoms with Crippen molar-refractivity contribution in [2.24, 2.45) is 0 Å². The summed E-state index contributed by atoms with van der Waals surface area (Å²) in [6.07, 6.45) is 2.92. The van der Waals surface area contributed by atoms with Gasteiger partial charge < -0.3 is 9.47 Å². The molecule has 3 nitrogen and oxygen atoms in total.